The number of nitrogens with zero attached hydrogens (tertiary/aromatic N) is 1. The van der Waals surface area contributed by atoms with Crippen LogP contribution in [0.2, 0.25) is 0 Å². The number of halogens is 6. The number of nitrogens with one attached hydrogen (secondary N) is 2. The van der Waals surface area contributed by atoms with Gasteiger partial charge in [0, 0.05) is 31.6 Å². The van der Waals surface area contributed by atoms with Gasteiger partial charge in [-0.25, -0.2) is 10.4 Å². The summed E-state index contributed by atoms with van der Waals surface area (Å²) in [6.45, 7) is 1.57. The van der Waals surface area contributed by atoms with E-state index in [1.165, 1.54) is 6.92 Å². The predicted molar refractivity (Wildman–Crippen MR) is 89.9 cm³/mol. The van der Waals surface area contributed by atoms with Gasteiger partial charge in [0.15, 0.2) is 0 Å². The smallest absolute Gasteiger partial charge is 0.355 e. The maximum atomic E-state index is 13.2. The lowest BCUT2D eigenvalue weighted by Gasteiger charge is -2.41. The number of hydrogen-bond acceptors (Lipinski definition) is 3. The van der Waals surface area contributed by atoms with Crippen molar-refractivity contribution in [1.82, 2.24) is 15.8 Å². The Morgan fingerprint density at radius 3 is 2.07 bits per heavy atom. The van der Waals surface area contributed by atoms with Crippen LogP contribution < -0.4 is 10.7 Å². The number of amides is 1. The van der Waals surface area contributed by atoms with Crippen molar-refractivity contribution in [2.45, 2.75) is 82.3 Å². The fraction of sp³-hybridized carbons (Fsp3) is 0.944. The Morgan fingerprint density at radius 2 is 1.54 bits per heavy atom. The topological polar surface area (TPSA) is 44.4 Å². The molecule has 1 saturated heterocycles. The number of alkyl halides is 6. The Balaban J connectivity index is 1.69. The zero-order chi connectivity index (χ0) is 20.7. The highest BCUT2D eigenvalue weighted by Crippen LogP contribution is 2.47. The van der Waals surface area contributed by atoms with E-state index in [4.69, 9.17) is 0 Å². The second kappa shape index (κ2) is 8.01. The second-order valence-corrected chi connectivity index (χ2v) is 8.41. The molecule has 2 saturated carbocycles. The summed E-state index contributed by atoms with van der Waals surface area (Å²) in [6, 6.07) is -0.583. The van der Waals surface area contributed by atoms with Crippen LogP contribution in [-0.4, -0.2) is 47.9 Å². The van der Waals surface area contributed by atoms with E-state index in [2.05, 4.69) is 10.7 Å². The summed E-state index contributed by atoms with van der Waals surface area (Å²) in [5.74, 6) is -3.20. The molecule has 0 aromatic carbocycles. The molecule has 162 valence electrons. The molecule has 4 unspecified atom stereocenters. The van der Waals surface area contributed by atoms with Gasteiger partial charge in [-0.15, -0.1) is 0 Å². The van der Waals surface area contributed by atoms with E-state index in [1.54, 1.807) is 0 Å². The number of carbonyl (C=O) groups excluding carboxylic acids is 1. The third kappa shape index (κ3) is 4.75. The van der Waals surface area contributed by atoms with Crippen LogP contribution in [0.25, 0.3) is 0 Å². The largest absolute Gasteiger partial charge is 0.391 e. The number of rotatable bonds is 3. The fourth-order valence-corrected chi connectivity index (χ4v) is 5.16. The molecule has 28 heavy (non-hydrogen) atoms. The standard InChI is InChI=1S/C18H27F6N3O/c1-10(28)25-9-15-14-8-12(18(22,23)24)4-7-16(14)27(26-15)13-5-2-11(3-6-13)17(19,20)21/h11-16,26H,2-9H2,1H3,(H,25,28). The van der Waals surface area contributed by atoms with Crippen molar-refractivity contribution in [1.29, 1.82) is 0 Å². The fourth-order valence-electron chi connectivity index (χ4n) is 5.16. The van der Waals surface area contributed by atoms with Crippen molar-refractivity contribution in [3.05, 3.63) is 0 Å². The third-order valence-corrected chi connectivity index (χ3v) is 6.64. The number of hydrazine groups is 1. The lowest BCUT2D eigenvalue weighted by molar-refractivity contribution is -0.189. The monoisotopic (exact) mass is 415 g/mol. The van der Waals surface area contributed by atoms with Gasteiger partial charge in [-0.05, 0) is 50.9 Å². The SMILES string of the molecule is CC(=O)NCC1NN(C2CCC(C(F)(F)F)CC2)C2CCC(C(F)(F)F)CC12. The molecule has 0 radical (unpaired) electrons. The highest BCUT2D eigenvalue weighted by molar-refractivity contribution is 5.72. The first-order valence-corrected chi connectivity index (χ1v) is 9.89. The summed E-state index contributed by atoms with van der Waals surface area (Å²) in [4.78, 5) is 11.3. The summed E-state index contributed by atoms with van der Waals surface area (Å²) in [7, 11) is 0. The number of fused-ring (bicyclic) bond motifs is 1. The van der Waals surface area contributed by atoms with Gasteiger partial charge >= 0.3 is 12.4 Å². The first-order chi connectivity index (χ1) is 13.0. The summed E-state index contributed by atoms with van der Waals surface area (Å²) >= 11 is 0. The van der Waals surface area contributed by atoms with Crippen LogP contribution in [0.15, 0.2) is 0 Å². The quantitative estimate of drug-likeness (QED) is 0.690. The molecule has 1 heterocycles. The van der Waals surface area contributed by atoms with Gasteiger partial charge in [0.05, 0.1) is 11.8 Å². The molecule has 0 spiro atoms. The molecule has 10 heteroatoms. The third-order valence-electron chi connectivity index (χ3n) is 6.64. The van der Waals surface area contributed by atoms with E-state index in [0.717, 1.165) is 0 Å². The summed E-state index contributed by atoms with van der Waals surface area (Å²) < 4.78 is 78.5. The Labute approximate surface area is 160 Å². The molecule has 0 bridgehead atoms. The molecule has 0 aromatic heterocycles. The van der Waals surface area contributed by atoms with Gasteiger partial charge in [-0.2, -0.15) is 26.3 Å². The molecular weight excluding hydrogens is 388 g/mol. The van der Waals surface area contributed by atoms with Gasteiger partial charge < -0.3 is 5.32 Å². The minimum Gasteiger partial charge on any atom is -0.355 e. The predicted octanol–water partition coefficient (Wildman–Crippen LogP) is 3.78. The minimum atomic E-state index is -4.25. The molecule has 1 amide bonds. The number of carbonyl (C=O) groups is 1. The molecule has 0 aromatic rings. The van der Waals surface area contributed by atoms with Gasteiger partial charge in [-0.1, -0.05) is 0 Å². The van der Waals surface area contributed by atoms with E-state index in [1.807, 2.05) is 5.01 Å². The lowest BCUT2D eigenvalue weighted by Crippen LogP contribution is -2.50. The second-order valence-electron chi connectivity index (χ2n) is 8.41. The van der Waals surface area contributed by atoms with Gasteiger partial charge in [-0.3, -0.25) is 4.79 Å². The van der Waals surface area contributed by atoms with Gasteiger partial charge in [0.25, 0.3) is 0 Å². The molecule has 2 aliphatic carbocycles. The molecule has 3 rings (SSSR count). The summed E-state index contributed by atoms with van der Waals surface area (Å²) in [5, 5.41) is 4.59. The number of hydrogen-bond donors (Lipinski definition) is 2. The Kier molecular flexibility index (Phi) is 6.20. The zero-order valence-electron chi connectivity index (χ0n) is 15.7. The average molecular weight is 415 g/mol. The first-order valence-electron chi connectivity index (χ1n) is 9.89. The Hall–Kier alpha value is -1.03. The lowest BCUT2D eigenvalue weighted by atomic mass is 9.74. The Morgan fingerprint density at radius 1 is 0.964 bits per heavy atom. The van der Waals surface area contributed by atoms with Crippen molar-refractivity contribution >= 4 is 5.91 Å². The van der Waals surface area contributed by atoms with Crippen LogP contribution in [-0.2, 0) is 4.79 Å². The van der Waals surface area contributed by atoms with E-state index >= 15 is 0 Å². The van der Waals surface area contributed by atoms with Crippen molar-refractivity contribution < 1.29 is 31.1 Å². The van der Waals surface area contributed by atoms with Crippen molar-refractivity contribution in [2.24, 2.45) is 17.8 Å². The van der Waals surface area contributed by atoms with Crippen molar-refractivity contribution in [2.75, 3.05) is 6.54 Å². The van der Waals surface area contributed by atoms with Crippen LogP contribution in [0, 0.1) is 17.8 Å². The molecule has 3 aliphatic rings. The van der Waals surface area contributed by atoms with E-state index in [9.17, 15) is 31.1 Å². The van der Waals surface area contributed by atoms with Crippen LogP contribution in [0.5, 0.6) is 0 Å². The molecule has 2 N–H and O–H groups in total. The molecule has 4 nitrogen and oxygen atoms in total. The molecule has 4 atom stereocenters. The van der Waals surface area contributed by atoms with E-state index in [0.29, 0.717) is 19.3 Å². The van der Waals surface area contributed by atoms with E-state index in [-0.39, 0.29) is 62.2 Å². The normalized spacial score (nSPS) is 37.5. The first kappa shape index (κ1) is 21.7. The minimum absolute atomic E-state index is 0.0141. The van der Waals surface area contributed by atoms with Crippen LogP contribution >= 0.6 is 0 Å². The zero-order valence-corrected chi connectivity index (χ0v) is 15.7. The maximum Gasteiger partial charge on any atom is 0.391 e. The van der Waals surface area contributed by atoms with Gasteiger partial charge in [0.1, 0.15) is 0 Å². The van der Waals surface area contributed by atoms with Crippen LogP contribution in [0.1, 0.15) is 51.9 Å². The molecule has 1 aliphatic heterocycles. The molecule has 3 fully saturated rings. The van der Waals surface area contributed by atoms with Gasteiger partial charge in [0.2, 0.25) is 5.91 Å². The summed E-state index contributed by atoms with van der Waals surface area (Å²) in [5.41, 5.74) is 3.25. The van der Waals surface area contributed by atoms with Crippen LogP contribution in [0.4, 0.5) is 26.3 Å². The highest BCUT2D eigenvalue weighted by atomic mass is 19.4. The molecular formula is C18H27F6N3O. The maximum absolute atomic E-state index is 13.2. The van der Waals surface area contributed by atoms with Crippen molar-refractivity contribution in [3.8, 4) is 0 Å². The van der Waals surface area contributed by atoms with E-state index < -0.39 is 24.2 Å². The van der Waals surface area contributed by atoms with Crippen LogP contribution in [0.3, 0.4) is 0 Å². The van der Waals surface area contributed by atoms with Crippen molar-refractivity contribution in [3.63, 3.8) is 0 Å². The summed E-state index contributed by atoms with van der Waals surface area (Å²) in [6.07, 6.45) is -7.22. The highest BCUT2D eigenvalue weighted by Gasteiger charge is 2.53. The Bertz CT molecular complexity index is 559. The average Bonchev–Trinajstić information content (AvgIpc) is 2.96.